The number of amides is 1. The Kier molecular flexibility index (Phi) is 4.94. The Morgan fingerprint density at radius 2 is 2.00 bits per heavy atom. The van der Waals surface area contributed by atoms with Gasteiger partial charge in [-0.05, 0) is 12.0 Å². The van der Waals surface area contributed by atoms with E-state index in [1.54, 1.807) is 36.4 Å². The molecule has 1 rings (SSSR count). The third kappa shape index (κ3) is 4.10. The van der Waals surface area contributed by atoms with Crippen molar-refractivity contribution in [1.29, 1.82) is 0 Å². The van der Waals surface area contributed by atoms with Crippen LogP contribution in [-0.4, -0.2) is 17.0 Å². The Labute approximate surface area is 100.0 Å². The van der Waals surface area contributed by atoms with Gasteiger partial charge in [0.05, 0.1) is 0 Å². The first-order valence-corrected chi connectivity index (χ1v) is 5.33. The molecule has 17 heavy (non-hydrogen) atoms. The van der Waals surface area contributed by atoms with Gasteiger partial charge in [-0.15, -0.1) is 6.58 Å². The van der Waals surface area contributed by atoms with Crippen molar-refractivity contribution in [3.05, 3.63) is 48.6 Å². The summed E-state index contributed by atoms with van der Waals surface area (Å²) >= 11 is 0. The fourth-order valence-electron chi connectivity index (χ4n) is 1.40. The van der Waals surface area contributed by atoms with Gasteiger partial charge in [0, 0.05) is 6.42 Å². The van der Waals surface area contributed by atoms with Crippen molar-refractivity contribution in [2.24, 2.45) is 0 Å². The number of benzene rings is 1. The minimum atomic E-state index is -1.07. The number of carbonyl (C=O) groups excluding carboxylic acids is 1. The van der Waals surface area contributed by atoms with Crippen molar-refractivity contribution < 1.29 is 14.7 Å². The maximum Gasteiger partial charge on any atom is 0.330 e. The summed E-state index contributed by atoms with van der Waals surface area (Å²) in [6.45, 7) is 3.51. The van der Waals surface area contributed by atoms with Crippen molar-refractivity contribution in [3.8, 4) is 0 Å². The molecule has 4 nitrogen and oxygen atoms in total. The first-order chi connectivity index (χ1) is 8.15. The Morgan fingerprint density at radius 3 is 2.53 bits per heavy atom. The highest BCUT2D eigenvalue weighted by molar-refractivity contribution is 5.84. The summed E-state index contributed by atoms with van der Waals surface area (Å²) in [6, 6.07) is 7.62. The number of rotatable bonds is 6. The van der Waals surface area contributed by atoms with Crippen molar-refractivity contribution in [2.75, 3.05) is 0 Å². The van der Waals surface area contributed by atoms with E-state index < -0.39 is 12.0 Å². The van der Waals surface area contributed by atoms with Crippen molar-refractivity contribution >= 4 is 11.9 Å². The Morgan fingerprint density at radius 1 is 1.35 bits per heavy atom. The van der Waals surface area contributed by atoms with Crippen LogP contribution in [0.4, 0.5) is 0 Å². The molecule has 0 saturated heterocycles. The topological polar surface area (TPSA) is 66.4 Å². The fourth-order valence-corrected chi connectivity index (χ4v) is 1.40. The number of allylic oxidation sites excluding steroid dienone is 1. The molecule has 4 heteroatoms. The molecule has 1 aromatic carbocycles. The Hall–Kier alpha value is -2.10. The van der Waals surface area contributed by atoms with E-state index in [4.69, 9.17) is 5.11 Å². The molecule has 0 aliphatic rings. The zero-order valence-corrected chi connectivity index (χ0v) is 9.43. The normalized spacial score (nSPS) is 11.5. The molecule has 1 aromatic rings. The highest BCUT2D eigenvalue weighted by Crippen LogP contribution is 2.12. The summed E-state index contributed by atoms with van der Waals surface area (Å²) < 4.78 is 0. The second-order valence-corrected chi connectivity index (χ2v) is 3.58. The largest absolute Gasteiger partial charge is 0.479 e. The first kappa shape index (κ1) is 13.0. The number of carboxylic acids is 1. The van der Waals surface area contributed by atoms with Gasteiger partial charge in [0.1, 0.15) is 0 Å². The van der Waals surface area contributed by atoms with Gasteiger partial charge in [0.25, 0.3) is 0 Å². The van der Waals surface area contributed by atoms with Crippen molar-refractivity contribution in [1.82, 2.24) is 5.32 Å². The van der Waals surface area contributed by atoms with Gasteiger partial charge in [0.2, 0.25) is 5.91 Å². The van der Waals surface area contributed by atoms with Gasteiger partial charge in [-0.1, -0.05) is 36.4 Å². The third-order valence-corrected chi connectivity index (χ3v) is 2.26. The molecule has 0 aliphatic carbocycles. The van der Waals surface area contributed by atoms with Crippen LogP contribution in [0.25, 0.3) is 0 Å². The molecule has 0 saturated carbocycles. The van der Waals surface area contributed by atoms with Crippen LogP contribution in [0.15, 0.2) is 43.0 Å². The van der Waals surface area contributed by atoms with Crippen LogP contribution in [0.5, 0.6) is 0 Å². The quantitative estimate of drug-likeness (QED) is 0.737. The maximum atomic E-state index is 11.5. The van der Waals surface area contributed by atoms with E-state index in [1.807, 2.05) is 0 Å². The van der Waals surface area contributed by atoms with Crippen LogP contribution in [0.2, 0.25) is 0 Å². The summed E-state index contributed by atoms with van der Waals surface area (Å²) in [4.78, 5) is 22.5. The number of carbonyl (C=O) groups is 2. The molecule has 90 valence electrons. The van der Waals surface area contributed by atoms with Gasteiger partial charge in [-0.25, -0.2) is 4.79 Å². The highest BCUT2D eigenvalue weighted by Gasteiger charge is 2.21. The zero-order valence-electron chi connectivity index (χ0n) is 9.43. The molecule has 0 fully saturated rings. The van der Waals surface area contributed by atoms with E-state index in [1.165, 1.54) is 0 Å². The Bertz CT molecular complexity index is 400. The van der Waals surface area contributed by atoms with Gasteiger partial charge in [0.15, 0.2) is 6.04 Å². The number of hydrogen-bond acceptors (Lipinski definition) is 2. The van der Waals surface area contributed by atoms with Crippen LogP contribution in [0.3, 0.4) is 0 Å². The Balaban J connectivity index is 2.71. The van der Waals surface area contributed by atoms with Gasteiger partial charge < -0.3 is 10.4 Å². The van der Waals surface area contributed by atoms with Crippen LogP contribution >= 0.6 is 0 Å². The van der Waals surface area contributed by atoms with E-state index >= 15 is 0 Å². The first-order valence-electron chi connectivity index (χ1n) is 5.33. The van der Waals surface area contributed by atoms with E-state index in [9.17, 15) is 9.59 Å². The van der Waals surface area contributed by atoms with Gasteiger partial charge in [-0.2, -0.15) is 0 Å². The molecule has 0 radical (unpaired) electrons. The van der Waals surface area contributed by atoms with Crippen LogP contribution in [-0.2, 0) is 9.59 Å². The SMILES string of the molecule is C=CCCC(=O)N[C@@H](C(=O)O)c1ccccc1. The average Bonchev–Trinajstić information content (AvgIpc) is 2.34. The lowest BCUT2D eigenvalue weighted by Gasteiger charge is -2.14. The smallest absolute Gasteiger partial charge is 0.330 e. The van der Waals surface area contributed by atoms with Crippen molar-refractivity contribution in [3.63, 3.8) is 0 Å². The van der Waals surface area contributed by atoms with Gasteiger partial charge in [-0.3, -0.25) is 4.79 Å². The second kappa shape index (κ2) is 6.48. The van der Waals surface area contributed by atoms with Crippen LogP contribution < -0.4 is 5.32 Å². The van der Waals surface area contributed by atoms with Crippen LogP contribution in [0, 0.1) is 0 Å². The number of hydrogen-bond donors (Lipinski definition) is 2. The monoisotopic (exact) mass is 233 g/mol. The molecule has 0 unspecified atom stereocenters. The zero-order chi connectivity index (χ0) is 12.7. The average molecular weight is 233 g/mol. The molecule has 0 heterocycles. The molecule has 0 aliphatic heterocycles. The number of aliphatic carboxylic acids is 1. The summed E-state index contributed by atoms with van der Waals surface area (Å²) in [5.41, 5.74) is 0.562. The third-order valence-electron chi connectivity index (χ3n) is 2.26. The minimum Gasteiger partial charge on any atom is -0.479 e. The lowest BCUT2D eigenvalue weighted by atomic mass is 10.1. The maximum absolute atomic E-state index is 11.5. The molecule has 0 aromatic heterocycles. The summed E-state index contributed by atoms with van der Waals surface area (Å²) in [5, 5.41) is 11.5. The molecule has 0 bridgehead atoms. The van der Waals surface area contributed by atoms with E-state index in [0.29, 0.717) is 12.0 Å². The summed E-state index contributed by atoms with van der Waals surface area (Å²) in [5.74, 6) is -1.36. The summed E-state index contributed by atoms with van der Waals surface area (Å²) in [7, 11) is 0. The summed E-state index contributed by atoms with van der Waals surface area (Å²) in [6.07, 6.45) is 2.41. The molecule has 1 amide bonds. The molecule has 1 atom stereocenters. The lowest BCUT2D eigenvalue weighted by Crippen LogP contribution is -2.33. The molecular formula is C13H15NO3. The highest BCUT2D eigenvalue weighted by atomic mass is 16.4. The van der Waals surface area contributed by atoms with E-state index in [0.717, 1.165) is 0 Å². The molecule has 0 spiro atoms. The lowest BCUT2D eigenvalue weighted by molar-refractivity contribution is -0.142. The standard InChI is InChI=1S/C13H15NO3/c1-2-3-9-11(15)14-12(13(16)17)10-7-5-4-6-8-10/h2,4-8,12H,1,3,9H2,(H,14,15)(H,16,17)/t12-/m1/s1. The second-order valence-electron chi connectivity index (χ2n) is 3.58. The number of nitrogens with one attached hydrogen (secondary N) is 1. The van der Waals surface area contributed by atoms with E-state index in [-0.39, 0.29) is 12.3 Å². The predicted molar refractivity (Wildman–Crippen MR) is 64.4 cm³/mol. The van der Waals surface area contributed by atoms with E-state index in [2.05, 4.69) is 11.9 Å². The minimum absolute atomic E-state index is 0.250. The van der Waals surface area contributed by atoms with Gasteiger partial charge >= 0.3 is 5.97 Å². The van der Waals surface area contributed by atoms with Crippen molar-refractivity contribution in [2.45, 2.75) is 18.9 Å². The predicted octanol–water partition coefficient (Wildman–Crippen LogP) is 1.89. The molecule has 2 N–H and O–H groups in total. The number of carboxylic acid groups (broad SMARTS) is 1. The molecular weight excluding hydrogens is 218 g/mol. The van der Waals surface area contributed by atoms with Crippen LogP contribution in [0.1, 0.15) is 24.4 Å². The fraction of sp³-hybridized carbons (Fsp3) is 0.231.